The van der Waals surface area contributed by atoms with Gasteiger partial charge in [0, 0.05) is 6.54 Å². The van der Waals surface area contributed by atoms with Gasteiger partial charge in [-0.15, -0.1) is 6.58 Å². The minimum Gasteiger partial charge on any atom is -0.477 e. The molecule has 12 heteroatoms. The molecule has 0 saturated heterocycles. The van der Waals surface area contributed by atoms with Crippen molar-refractivity contribution in [3.63, 3.8) is 0 Å². The van der Waals surface area contributed by atoms with Crippen LogP contribution in [0.5, 0.6) is 0 Å². The number of amides is 1. The number of halogens is 6. The van der Waals surface area contributed by atoms with Crippen molar-refractivity contribution in [1.29, 1.82) is 0 Å². The number of aromatic nitrogens is 1. The van der Waals surface area contributed by atoms with Gasteiger partial charge in [-0.2, -0.15) is 26.3 Å². The third kappa shape index (κ3) is 3.75. The number of hydrogen-bond donors (Lipinski definition) is 1. The Morgan fingerprint density at radius 2 is 1.82 bits per heavy atom. The lowest BCUT2D eigenvalue weighted by Crippen LogP contribution is -2.41. The van der Waals surface area contributed by atoms with Gasteiger partial charge in [0.1, 0.15) is 4.88 Å². The van der Waals surface area contributed by atoms with Crippen molar-refractivity contribution >= 4 is 28.3 Å². The van der Waals surface area contributed by atoms with Gasteiger partial charge in [-0.1, -0.05) is 17.4 Å². The van der Waals surface area contributed by atoms with E-state index in [-0.39, 0.29) is 16.2 Å². The highest BCUT2D eigenvalue weighted by Gasteiger charge is 2.46. The largest absolute Gasteiger partial charge is 0.477 e. The predicted octanol–water partition coefficient (Wildman–Crippen LogP) is 2.94. The zero-order valence-electron chi connectivity index (χ0n) is 10.3. The van der Waals surface area contributed by atoms with E-state index >= 15 is 0 Å². The van der Waals surface area contributed by atoms with Crippen LogP contribution in [-0.2, 0) is 11.0 Å². The van der Waals surface area contributed by atoms with Crippen LogP contribution in [0.2, 0.25) is 0 Å². The Balaban J connectivity index is 3.42. The number of carbonyl (C=O) groups excluding carboxylic acids is 1. The van der Waals surface area contributed by atoms with Crippen molar-refractivity contribution < 1.29 is 41.0 Å². The van der Waals surface area contributed by atoms with Gasteiger partial charge in [0.05, 0.1) is 0 Å². The van der Waals surface area contributed by atoms with Crippen molar-refractivity contribution in [2.24, 2.45) is 0 Å². The monoisotopic (exact) mass is 348 g/mol. The molecule has 0 aliphatic heterocycles. The fourth-order valence-electron chi connectivity index (χ4n) is 1.29. The van der Waals surface area contributed by atoms with Crippen LogP contribution in [0.3, 0.4) is 0 Å². The molecule has 0 unspecified atom stereocenters. The summed E-state index contributed by atoms with van der Waals surface area (Å²) in [5.41, 5.74) is -1.87. The zero-order valence-corrected chi connectivity index (χ0v) is 11.1. The highest BCUT2D eigenvalue weighted by Crippen LogP contribution is 2.38. The number of thiazole rings is 1. The van der Waals surface area contributed by atoms with Gasteiger partial charge < -0.3 is 5.11 Å². The molecule has 22 heavy (non-hydrogen) atoms. The first-order chi connectivity index (χ1) is 9.89. The summed E-state index contributed by atoms with van der Waals surface area (Å²) in [4.78, 5) is 23.3. The van der Waals surface area contributed by atoms with E-state index in [4.69, 9.17) is 5.11 Å². The number of carbonyl (C=O) groups is 2. The minimum atomic E-state index is -5.36. The molecule has 0 aromatic carbocycles. The summed E-state index contributed by atoms with van der Waals surface area (Å²) in [5.74, 6) is -4.50. The fraction of sp³-hybridized carbons (Fsp3) is 0.300. The Morgan fingerprint density at radius 1 is 1.27 bits per heavy atom. The maximum atomic E-state index is 12.6. The van der Waals surface area contributed by atoms with Gasteiger partial charge in [0.2, 0.25) is 0 Å². The molecular formula is C10H6F6N2O3S. The van der Waals surface area contributed by atoms with Crippen molar-refractivity contribution in [3.05, 3.63) is 23.2 Å². The van der Waals surface area contributed by atoms with Crippen LogP contribution in [0.25, 0.3) is 0 Å². The van der Waals surface area contributed by atoms with E-state index in [9.17, 15) is 35.9 Å². The molecule has 1 aromatic heterocycles. The van der Waals surface area contributed by atoms with Crippen molar-refractivity contribution in [3.8, 4) is 0 Å². The van der Waals surface area contributed by atoms with E-state index in [1.807, 2.05) is 0 Å². The summed E-state index contributed by atoms with van der Waals surface area (Å²) in [6, 6.07) is 0. The average Bonchev–Trinajstić information content (AvgIpc) is 2.78. The van der Waals surface area contributed by atoms with Crippen LogP contribution < -0.4 is 4.90 Å². The molecule has 0 aliphatic rings. The second-order valence-corrected chi connectivity index (χ2v) is 4.66. The molecule has 0 radical (unpaired) electrons. The zero-order chi connectivity index (χ0) is 17.3. The number of rotatable bonds is 4. The molecule has 0 atom stereocenters. The summed E-state index contributed by atoms with van der Waals surface area (Å²) in [7, 11) is 0. The van der Waals surface area contributed by atoms with Gasteiger partial charge in [0.25, 0.3) is 0 Å². The SMILES string of the molecule is C=CCN(C(=O)C(F)(F)F)c1nc(C(F)(F)F)c(C(=O)O)s1. The second kappa shape index (κ2) is 5.94. The smallest absolute Gasteiger partial charge is 0.471 e. The molecule has 122 valence electrons. The van der Waals surface area contributed by atoms with Crippen LogP contribution in [0.4, 0.5) is 31.5 Å². The van der Waals surface area contributed by atoms with E-state index < -0.39 is 46.5 Å². The van der Waals surface area contributed by atoms with Crippen LogP contribution in [0.1, 0.15) is 15.4 Å². The third-order valence-electron chi connectivity index (χ3n) is 2.11. The quantitative estimate of drug-likeness (QED) is 0.671. The van der Waals surface area contributed by atoms with Gasteiger partial charge in [-0.3, -0.25) is 9.69 Å². The molecular weight excluding hydrogens is 342 g/mol. The van der Waals surface area contributed by atoms with Gasteiger partial charge in [0.15, 0.2) is 10.8 Å². The number of carboxylic acids is 1. The first kappa shape index (κ1) is 17.9. The molecule has 1 aromatic rings. The molecule has 0 bridgehead atoms. The predicted molar refractivity (Wildman–Crippen MR) is 62.7 cm³/mol. The summed E-state index contributed by atoms with van der Waals surface area (Å²) < 4.78 is 75.2. The van der Waals surface area contributed by atoms with Crippen LogP contribution in [0, 0.1) is 0 Å². The van der Waals surface area contributed by atoms with Crippen LogP contribution in [-0.4, -0.2) is 34.7 Å². The first-order valence-electron chi connectivity index (χ1n) is 5.20. The number of hydrogen-bond acceptors (Lipinski definition) is 4. The van der Waals surface area contributed by atoms with E-state index in [0.717, 1.165) is 6.08 Å². The Morgan fingerprint density at radius 3 is 2.14 bits per heavy atom. The van der Waals surface area contributed by atoms with Crippen molar-refractivity contribution in [2.45, 2.75) is 12.4 Å². The molecule has 0 fully saturated rings. The Labute approximate surface area is 122 Å². The lowest BCUT2D eigenvalue weighted by atomic mass is 10.3. The number of nitrogens with zero attached hydrogens (tertiary/aromatic N) is 2. The Kier molecular flexibility index (Phi) is 4.85. The average molecular weight is 348 g/mol. The lowest BCUT2D eigenvalue weighted by molar-refractivity contribution is -0.170. The van der Waals surface area contributed by atoms with Crippen molar-refractivity contribution in [1.82, 2.24) is 4.98 Å². The van der Waals surface area contributed by atoms with E-state index in [1.54, 1.807) is 0 Å². The highest BCUT2D eigenvalue weighted by molar-refractivity contribution is 7.17. The van der Waals surface area contributed by atoms with Gasteiger partial charge in [-0.05, 0) is 0 Å². The van der Waals surface area contributed by atoms with E-state index in [1.165, 1.54) is 0 Å². The molecule has 1 rings (SSSR count). The fourth-order valence-corrected chi connectivity index (χ4v) is 2.22. The summed E-state index contributed by atoms with van der Waals surface area (Å²) in [5, 5.41) is 7.64. The normalized spacial score (nSPS) is 12.1. The molecule has 0 spiro atoms. The number of alkyl halides is 6. The Hall–Kier alpha value is -2.11. The second-order valence-electron chi connectivity index (χ2n) is 3.68. The van der Waals surface area contributed by atoms with Crippen molar-refractivity contribution in [2.75, 3.05) is 11.4 Å². The maximum Gasteiger partial charge on any atom is 0.471 e. The molecule has 5 nitrogen and oxygen atoms in total. The number of carboxylic acid groups (broad SMARTS) is 1. The molecule has 1 N–H and O–H groups in total. The standard InChI is InChI=1S/C10H6F6N2O3S/c1-2-3-18(7(21)10(14,15)16)8-17-5(9(11,12)13)4(22-8)6(19)20/h2H,1,3H2,(H,19,20). The minimum absolute atomic E-state index is 0.126. The van der Waals surface area contributed by atoms with Crippen LogP contribution in [0.15, 0.2) is 12.7 Å². The molecule has 1 amide bonds. The number of aromatic carboxylic acids is 1. The first-order valence-corrected chi connectivity index (χ1v) is 6.02. The number of anilines is 1. The third-order valence-corrected chi connectivity index (χ3v) is 3.18. The van der Waals surface area contributed by atoms with E-state index in [0.29, 0.717) is 0 Å². The Bertz CT molecular complexity index is 607. The van der Waals surface area contributed by atoms with Gasteiger partial charge >= 0.3 is 24.2 Å². The molecule has 1 heterocycles. The van der Waals surface area contributed by atoms with E-state index in [2.05, 4.69) is 11.6 Å². The summed E-state index contributed by atoms with van der Waals surface area (Å²) >= 11 is -0.186. The lowest BCUT2D eigenvalue weighted by Gasteiger charge is -2.19. The van der Waals surface area contributed by atoms with Gasteiger partial charge in [-0.25, -0.2) is 9.78 Å². The summed E-state index contributed by atoms with van der Waals surface area (Å²) in [6.45, 7) is 2.29. The van der Waals surface area contributed by atoms with Crippen LogP contribution >= 0.6 is 11.3 Å². The topological polar surface area (TPSA) is 70.5 Å². The summed E-state index contributed by atoms with van der Waals surface area (Å²) in [6.07, 6.45) is -9.72. The highest BCUT2D eigenvalue weighted by atomic mass is 32.1. The molecule has 0 aliphatic carbocycles. The maximum absolute atomic E-state index is 12.6. The molecule has 0 saturated carbocycles.